The van der Waals surface area contributed by atoms with Crippen LogP contribution in [0, 0.1) is 14.9 Å². The summed E-state index contributed by atoms with van der Waals surface area (Å²) in [5, 5.41) is 14.0. The quantitative estimate of drug-likeness (QED) is 0.361. The number of hydrogen-bond donors (Lipinski definition) is 1. The van der Waals surface area contributed by atoms with Crippen LogP contribution in [0.1, 0.15) is 15.9 Å². The molecule has 0 aliphatic carbocycles. The van der Waals surface area contributed by atoms with Gasteiger partial charge in [0.1, 0.15) is 12.3 Å². The highest BCUT2D eigenvalue weighted by molar-refractivity contribution is 14.1. The summed E-state index contributed by atoms with van der Waals surface area (Å²) in [5.74, 6) is 0.318. The van der Waals surface area contributed by atoms with Gasteiger partial charge in [0, 0.05) is 28.2 Å². The monoisotopic (exact) mass is 458 g/mol. The fraction of sp³-hybridized carbons (Fsp3) is 0.105. The second-order valence-corrected chi connectivity index (χ2v) is 6.60. The molecule has 130 valence electrons. The van der Waals surface area contributed by atoms with Crippen LogP contribution in [0.2, 0.25) is 0 Å². The number of fused-ring (bicyclic) bond motifs is 1. The lowest BCUT2D eigenvalue weighted by Crippen LogP contribution is -2.17. The van der Waals surface area contributed by atoms with Gasteiger partial charge in [-0.1, -0.05) is 18.2 Å². The van der Waals surface area contributed by atoms with Crippen LogP contribution in [0.3, 0.4) is 0 Å². The molecule has 0 atom stereocenters. The predicted octanol–water partition coefficient (Wildman–Crippen LogP) is 3.54. The first kappa shape index (κ1) is 17.9. The van der Waals surface area contributed by atoms with Crippen molar-refractivity contribution in [3.8, 4) is 11.8 Å². The zero-order valence-electron chi connectivity index (χ0n) is 13.9. The molecule has 1 N–H and O–H groups in total. The molecule has 1 heterocycles. The number of amides is 1. The molecule has 0 aliphatic heterocycles. The summed E-state index contributed by atoms with van der Waals surface area (Å²) in [6.45, 7) is 0.253. The van der Waals surface area contributed by atoms with Crippen molar-refractivity contribution in [2.45, 2.75) is 6.54 Å². The van der Waals surface area contributed by atoms with Crippen molar-refractivity contribution in [3.63, 3.8) is 0 Å². The highest BCUT2D eigenvalue weighted by Gasteiger charge is 2.09. The molecule has 0 spiro atoms. The number of carbonyl (C=O) groups excluding carboxylic acids is 1. The van der Waals surface area contributed by atoms with E-state index in [4.69, 9.17) is 10.00 Å². The van der Waals surface area contributed by atoms with Gasteiger partial charge in [0.05, 0.1) is 23.0 Å². The van der Waals surface area contributed by atoms with Gasteiger partial charge in [-0.05, 0) is 46.9 Å². The maximum absolute atomic E-state index is 12.3. The van der Waals surface area contributed by atoms with E-state index < -0.39 is 0 Å². The Labute approximate surface area is 164 Å². The summed E-state index contributed by atoms with van der Waals surface area (Å²) < 4.78 is 8.00. The Kier molecular flexibility index (Phi) is 5.53. The van der Waals surface area contributed by atoms with Gasteiger partial charge in [-0.25, -0.2) is 5.43 Å². The van der Waals surface area contributed by atoms with Crippen LogP contribution < -0.4 is 10.2 Å². The molecule has 0 aliphatic rings. The topological polar surface area (TPSA) is 79.4 Å². The van der Waals surface area contributed by atoms with E-state index in [1.165, 1.54) is 0 Å². The van der Waals surface area contributed by atoms with Crippen molar-refractivity contribution in [3.05, 3.63) is 63.4 Å². The summed E-state index contributed by atoms with van der Waals surface area (Å²) in [6, 6.07) is 15.1. The minimum atomic E-state index is -0.322. The summed E-state index contributed by atoms with van der Waals surface area (Å²) >= 11 is 2.14. The number of benzene rings is 2. The van der Waals surface area contributed by atoms with E-state index in [9.17, 15) is 4.79 Å². The number of carbonyl (C=O) groups is 1. The van der Waals surface area contributed by atoms with E-state index in [1.54, 1.807) is 25.5 Å². The van der Waals surface area contributed by atoms with Crippen molar-refractivity contribution < 1.29 is 9.53 Å². The van der Waals surface area contributed by atoms with E-state index in [0.717, 1.165) is 20.0 Å². The van der Waals surface area contributed by atoms with E-state index in [-0.39, 0.29) is 12.5 Å². The van der Waals surface area contributed by atoms with Gasteiger partial charge in [-0.2, -0.15) is 10.4 Å². The number of hydrazone groups is 1. The Morgan fingerprint density at radius 1 is 1.38 bits per heavy atom. The number of nitrogens with one attached hydrogen (secondary N) is 1. The minimum absolute atomic E-state index is 0.253. The lowest BCUT2D eigenvalue weighted by molar-refractivity contribution is 0.0954. The number of hydrogen-bond acceptors (Lipinski definition) is 4. The molecule has 6 nitrogen and oxygen atoms in total. The molecule has 2 aromatic carbocycles. The van der Waals surface area contributed by atoms with Crippen LogP contribution in [0.25, 0.3) is 10.9 Å². The number of para-hydroxylation sites is 1. The molecular weight excluding hydrogens is 443 g/mol. The molecule has 1 aromatic heterocycles. The first-order chi connectivity index (χ1) is 12.6. The highest BCUT2D eigenvalue weighted by atomic mass is 127. The number of nitriles is 1. The molecule has 1 amide bonds. The maximum Gasteiger partial charge on any atom is 0.271 e. The molecule has 7 heteroatoms. The van der Waals surface area contributed by atoms with Crippen molar-refractivity contribution in [1.82, 2.24) is 9.99 Å². The largest absolute Gasteiger partial charge is 0.496 e. The fourth-order valence-corrected chi connectivity index (χ4v) is 3.17. The molecule has 0 saturated heterocycles. The third kappa shape index (κ3) is 3.70. The van der Waals surface area contributed by atoms with E-state index in [1.807, 2.05) is 41.1 Å². The van der Waals surface area contributed by atoms with Crippen molar-refractivity contribution in [1.29, 1.82) is 5.26 Å². The smallest absolute Gasteiger partial charge is 0.271 e. The molecule has 0 radical (unpaired) electrons. The van der Waals surface area contributed by atoms with Crippen LogP contribution in [-0.4, -0.2) is 23.8 Å². The average Bonchev–Trinajstić information content (AvgIpc) is 3.00. The van der Waals surface area contributed by atoms with Crippen LogP contribution in [-0.2, 0) is 6.54 Å². The summed E-state index contributed by atoms with van der Waals surface area (Å²) in [6.07, 6.45) is 3.43. The third-order valence-electron chi connectivity index (χ3n) is 3.84. The molecule has 3 rings (SSSR count). The fourth-order valence-electron chi connectivity index (χ4n) is 2.61. The summed E-state index contributed by atoms with van der Waals surface area (Å²) in [4.78, 5) is 12.3. The van der Waals surface area contributed by atoms with Crippen LogP contribution in [0.15, 0.2) is 53.8 Å². The highest BCUT2D eigenvalue weighted by Crippen LogP contribution is 2.22. The van der Waals surface area contributed by atoms with Gasteiger partial charge in [-0.3, -0.25) is 4.79 Å². The minimum Gasteiger partial charge on any atom is -0.496 e. The van der Waals surface area contributed by atoms with Gasteiger partial charge in [0.2, 0.25) is 0 Å². The molecule has 0 bridgehead atoms. The SMILES string of the molecule is COc1cc(C(=O)N/N=C\c2cn(CC#N)c3ccccc23)ccc1I. The maximum atomic E-state index is 12.3. The first-order valence-electron chi connectivity index (χ1n) is 7.76. The van der Waals surface area contributed by atoms with Crippen LogP contribution >= 0.6 is 22.6 Å². The Hall–Kier alpha value is -2.86. The first-order valence-corrected chi connectivity index (χ1v) is 8.83. The van der Waals surface area contributed by atoms with Crippen molar-refractivity contribution >= 4 is 45.6 Å². The second kappa shape index (κ2) is 8.01. The molecule has 26 heavy (non-hydrogen) atoms. The van der Waals surface area contributed by atoms with E-state index in [0.29, 0.717) is 11.3 Å². The normalized spacial score (nSPS) is 10.8. The molecule has 0 fully saturated rings. The van der Waals surface area contributed by atoms with Gasteiger partial charge in [0.25, 0.3) is 5.91 Å². The van der Waals surface area contributed by atoms with Crippen LogP contribution in [0.4, 0.5) is 0 Å². The number of halogens is 1. The summed E-state index contributed by atoms with van der Waals surface area (Å²) in [5.41, 5.74) is 4.76. The lowest BCUT2D eigenvalue weighted by atomic mass is 10.2. The third-order valence-corrected chi connectivity index (χ3v) is 4.73. The van der Waals surface area contributed by atoms with Crippen LogP contribution in [0.5, 0.6) is 5.75 Å². The van der Waals surface area contributed by atoms with Crippen molar-refractivity contribution in [2.24, 2.45) is 5.10 Å². The van der Waals surface area contributed by atoms with E-state index in [2.05, 4.69) is 39.2 Å². The lowest BCUT2D eigenvalue weighted by Gasteiger charge is -2.05. The van der Waals surface area contributed by atoms with Crippen molar-refractivity contribution in [2.75, 3.05) is 7.11 Å². The van der Waals surface area contributed by atoms with Gasteiger partial charge in [0.15, 0.2) is 0 Å². The molecule has 0 unspecified atom stereocenters. The Balaban J connectivity index is 1.80. The zero-order chi connectivity index (χ0) is 18.5. The number of aromatic nitrogens is 1. The van der Waals surface area contributed by atoms with E-state index >= 15 is 0 Å². The van der Waals surface area contributed by atoms with Gasteiger partial charge >= 0.3 is 0 Å². The predicted molar refractivity (Wildman–Crippen MR) is 108 cm³/mol. The number of rotatable bonds is 5. The summed E-state index contributed by atoms with van der Waals surface area (Å²) in [7, 11) is 1.56. The number of nitrogens with zero attached hydrogens (tertiary/aromatic N) is 3. The Morgan fingerprint density at radius 2 is 2.19 bits per heavy atom. The number of methoxy groups -OCH3 is 1. The standard InChI is InChI=1S/C19H15IN4O2/c1-26-18-10-13(6-7-16(18)20)19(25)23-22-11-14-12-24(9-8-21)17-5-3-2-4-15(14)17/h2-7,10-12H,9H2,1H3,(H,23,25)/b22-11-. The average molecular weight is 458 g/mol. The second-order valence-electron chi connectivity index (χ2n) is 5.44. The van der Waals surface area contributed by atoms with Gasteiger partial charge in [-0.15, -0.1) is 0 Å². The Bertz CT molecular complexity index is 1030. The Morgan fingerprint density at radius 3 is 2.96 bits per heavy atom. The zero-order valence-corrected chi connectivity index (χ0v) is 16.1. The molecule has 3 aromatic rings. The molecule has 0 saturated carbocycles. The number of ether oxygens (including phenoxy) is 1. The molecular formula is C19H15IN4O2. The van der Waals surface area contributed by atoms with Gasteiger partial charge < -0.3 is 9.30 Å².